The molecule has 1 aromatic carbocycles. The molecule has 0 unspecified atom stereocenters. The molecule has 3 aromatic rings. The van der Waals surface area contributed by atoms with Crippen LogP contribution in [0.1, 0.15) is 49.6 Å². The van der Waals surface area contributed by atoms with E-state index >= 15 is 0 Å². The number of nitrogens with one attached hydrogen (secondary N) is 1. The zero-order valence-electron chi connectivity index (χ0n) is 15.7. The number of hydrogen-bond donors (Lipinski definition) is 1. The number of rotatable bonds is 7. The zero-order chi connectivity index (χ0) is 19.2. The Morgan fingerprint density at radius 1 is 1.14 bits per heavy atom. The molecule has 0 spiro atoms. The number of carbonyl (C=O) groups excluding carboxylic acids is 1. The number of benzene rings is 1. The van der Waals surface area contributed by atoms with Crippen molar-refractivity contribution in [3.05, 3.63) is 60.3 Å². The molecule has 0 radical (unpaired) electrons. The maximum Gasteiger partial charge on any atom is 0.230 e. The molecule has 0 saturated heterocycles. The topological polar surface area (TPSA) is 73.0 Å². The number of nitrogens with zero attached hydrogens (tertiary/aromatic N) is 3. The summed E-state index contributed by atoms with van der Waals surface area (Å²) in [4.78, 5) is 16.9. The van der Waals surface area contributed by atoms with E-state index in [1.807, 2.05) is 47.1 Å². The van der Waals surface area contributed by atoms with E-state index in [0.717, 1.165) is 30.1 Å². The van der Waals surface area contributed by atoms with Crippen molar-refractivity contribution in [2.24, 2.45) is 0 Å². The molecule has 1 amide bonds. The van der Waals surface area contributed by atoms with Gasteiger partial charge in [-0.2, -0.15) is 0 Å². The molecule has 28 heavy (non-hydrogen) atoms. The highest BCUT2D eigenvalue weighted by molar-refractivity contribution is 7.99. The molecule has 4 rings (SSSR count). The zero-order valence-corrected chi connectivity index (χ0v) is 16.5. The Kier molecular flexibility index (Phi) is 6.11. The van der Waals surface area contributed by atoms with Crippen LogP contribution in [0.4, 0.5) is 0 Å². The summed E-state index contributed by atoms with van der Waals surface area (Å²) in [6.45, 7) is 0.394. The Bertz CT molecular complexity index is 887. The summed E-state index contributed by atoms with van der Waals surface area (Å²) in [7, 11) is 0. The van der Waals surface area contributed by atoms with Crippen molar-refractivity contribution in [3.8, 4) is 5.69 Å². The molecule has 7 heteroatoms. The molecule has 0 atom stereocenters. The molecule has 6 nitrogen and oxygen atoms in total. The van der Waals surface area contributed by atoms with Crippen LogP contribution in [0.5, 0.6) is 0 Å². The number of thioether (sulfide) groups is 1. The Hall–Kier alpha value is -2.54. The second kappa shape index (κ2) is 9.10. The van der Waals surface area contributed by atoms with Crippen molar-refractivity contribution in [1.29, 1.82) is 0 Å². The Balaban J connectivity index is 1.44. The summed E-state index contributed by atoms with van der Waals surface area (Å²) >= 11 is 1.37. The molecule has 0 aliphatic heterocycles. The molecule has 2 heterocycles. The van der Waals surface area contributed by atoms with E-state index in [4.69, 9.17) is 14.5 Å². The first-order valence-corrected chi connectivity index (χ1v) is 10.7. The van der Waals surface area contributed by atoms with Crippen LogP contribution in [0.15, 0.2) is 58.3 Å². The van der Waals surface area contributed by atoms with E-state index in [9.17, 15) is 4.79 Å². The minimum Gasteiger partial charge on any atom is -0.467 e. The lowest BCUT2D eigenvalue weighted by Crippen LogP contribution is -2.24. The number of para-hydroxylation sites is 1. The monoisotopic (exact) mass is 396 g/mol. The van der Waals surface area contributed by atoms with Gasteiger partial charge in [-0.25, -0.2) is 9.67 Å². The summed E-state index contributed by atoms with van der Waals surface area (Å²) in [5, 5.41) is 8.21. The first kappa shape index (κ1) is 18.8. The van der Waals surface area contributed by atoms with Crippen molar-refractivity contribution in [2.75, 3.05) is 5.75 Å². The van der Waals surface area contributed by atoms with E-state index in [1.54, 1.807) is 6.26 Å². The van der Waals surface area contributed by atoms with Crippen molar-refractivity contribution >= 4 is 17.7 Å². The van der Waals surface area contributed by atoms with Crippen LogP contribution in [0, 0.1) is 0 Å². The van der Waals surface area contributed by atoms with Gasteiger partial charge in [0.1, 0.15) is 11.6 Å². The van der Waals surface area contributed by atoms with Crippen molar-refractivity contribution in [2.45, 2.75) is 49.7 Å². The highest BCUT2D eigenvalue weighted by Gasteiger charge is 2.23. The van der Waals surface area contributed by atoms with Crippen LogP contribution in [0.3, 0.4) is 0 Å². The largest absolute Gasteiger partial charge is 0.467 e. The molecule has 2 aromatic heterocycles. The van der Waals surface area contributed by atoms with Gasteiger partial charge in [-0.3, -0.25) is 4.79 Å². The molecule has 0 bridgehead atoms. The van der Waals surface area contributed by atoms with E-state index in [-0.39, 0.29) is 11.7 Å². The summed E-state index contributed by atoms with van der Waals surface area (Å²) in [6, 6.07) is 13.8. The predicted octanol–water partition coefficient (Wildman–Crippen LogP) is 4.32. The Morgan fingerprint density at radius 2 is 1.96 bits per heavy atom. The van der Waals surface area contributed by atoms with Gasteiger partial charge in [0.15, 0.2) is 0 Å². The van der Waals surface area contributed by atoms with E-state index in [0.29, 0.717) is 17.6 Å². The first-order valence-electron chi connectivity index (χ1n) is 9.74. The highest BCUT2D eigenvalue weighted by atomic mass is 32.2. The van der Waals surface area contributed by atoms with Gasteiger partial charge in [-0.1, -0.05) is 49.2 Å². The van der Waals surface area contributed by atoms with Crippen LogP contribution >= 0.6 is 11.8 Å². The van der Waals surface area contributed by atoms with E-state index in [1.165, 1.54) is 31.0 Å². The molecular formula is C21H24N4O2S. The average molecular weight is 397 g/mol. The fourth-order valence-corrected chi connectivity index (χ4v) is 4.19. The van der Waals surface area contributed by atoms with Crippen LogP contribution in [-0.2, 0) is 11.3 Å². The summed E-state index contributed by atoms with van der Waals surface area (Å²) < 4.78 is 7.19. The fraction of sp³-hybridized carbons (Fsp3) is 0.381. The molecule has 1 fully saturated rings. The number of carbonyl (C=O) groups is 1. The lowest BCUT2D eigenvalue weighted by molar-refractivity contribution is -0.118. The fourth-order valence-electron chi connectivity index (χ4n) is 3.53. The van der Waals surface area contributed by atoms with Gasteiger partial charge in [0, 0.05) is 5.92 Å². The smallest absolute Gasteiger partial charge is 0.230 e. The Morgan fingerprint density at radius 3 is 2.71 bits per heavy atom. The average Bonchev–Trinajstić information content (AvgIpc) is 3.42. The number of hydrogen-bond acceptors (Lipinski definition) is 5. The van der Waals surface area contributed by atoms with Gasteiger partial charge < -0.3 is 9.73 Å². The Labute approximate surface area is 168 Å². The van der Waals surface area contributed by atoms with Crippen molar-refractivity contribution in [1.82, 2.24) is 20.1 Å². The van der Waals surface area contributed by atoms with Crippen LogP contribution in [-0.4, -0.2) is 26.4 Å². The van der Waals surface area contributed by atoms with Gasteiger partial charge in [0.25, 0.3) is 0 Å². The molecular weight excluding hydrogens is 372 g/mol. The lowest BCUT2D eigenvalue weighted by Gasteiger charge is -2.21. The molecule has 1 aliphatic rings. The normalized spacial score (nSPS) is 14.9. The second-order valence-corrected chi connectivity index (χ2v) is 7.92. The molecule has 1 saturated carbocycles. The van der Waals surface area contributed by atoms with Gasteiger partial charge in [0.2, 0.25) is 11.1 Å². The van der Waals surface area contributed by atoms with Crippen molar-refractivity contribution < 1.29 is 9.21 Å². The van der Waals surface area contributed by atoms with Crippen molar-refractivity contribution in [3.63, 3.8) is 0 Å². The minimum atomic E-state index is -0.0586. The number of furan rings is 1. The summed E-state index contributed by atoms with van der Waals surface area (Å²) in [5.41, 5.74) is 1.02. The first-order chi connectivity index (χ1) is 13.8. The van der Waals surface area contributed by atoms with Gasteiger partial charge in [-0.15, -0.1) is 5.10 Å². The molecule has 146 valence electrons. The van der Waals surface area contributed by atoms with Crippen LogP contribution in [0.25, 0.3) is 5.69 Å². The predicted molar refractivity (Wildman–Crippen MR) is 108 cm³/mol. The maximum absolute atomic E-state index is 12.1. The lowest BCUT2D eigenvalue weighted by atomic mass is 9.88. The van der Waals surface area contributed by atoms with E-state index < -0.39 is 0 Å². The summed E-state index contributed by atoms with van der Waals surface area (Å²) in [6.07, 6.45) is 7.68. The van der Waals surface area contributed by atoms with Gasteiger partial charge in [-0.05, 0) is 37.1 Å². The van der Waals surface area contributed by atoms with Gasteiger partial charge >= 0.3 is 0 Å². The second-order valence-electron chi connectivity index (χ2n) is 6.98. The van der Waals surface area contributed by atoms with E-state index in [2.05, 4.69) is 5.32 Å². The summed E-state index contributed by atoms with van der Waals surface area (Å²) in [5.74, 6) is 2.41. The third-order valence-electron chi connectivity index (χ3n) is 4.96. The van der Waals surface area contributed by atoms with Crippen LogP contribution < -0.4 is 5.32 Å². The number of amides is 1. The SMILES string of the molecule is O=C(CSc1nc(C2CCCCC2)n(-c2ccccc2)n1)NCc1ccco1. The highest BCUT2D eigenvalue weighted by Crippen LogP contribution is 2.33. The maximum atomic E-state index is 12.1. The third-order valence-corrected chi connectivity index (χ3v) is 5.79. The standard InChI is InChI=1S/C21H24N4O2S/c26-19(22-14-18-12-7-13-27-18)15-28-21-23-20(16-8-3-1-4-9-16)25(24-21)17-10-5-2-6-11-17/h2,5-7,10-13,16H,1,3-4,8-9,14-15H2,(H,22,26). The molecule has 1 N–H and O–H groups in total. The number of aromatic nitrogens is 3. The minimum absolute atomic E-state index is 0.0586. The molecule has 1 aliphatic carbocycles. The quantitative estimate of drug-likeness (QED) is 0.602. The van der Waals surface area contributed by atoms with Gasteiger partial charge in [0.05, 0.1) is 24.2 Å². The third kappa shape index (κ3) is 4.65. The van der Waals surface area contributed by atoms with Crippen LogP contribution in [0.2, 0.25) is 0 Å².